The molecule has 100 valence electrons. The van der Waals surface area contributed by atoms with E-state index in [1.807, 2.05) is 6.08 Å². The van der Waals surface area contributed by atoms with E-state index in [1.54, 1.807) is 0 Å². The van der Waals surface area contributed by atoms with Gasteiger partial charge in [0.15, 0.2) is 0 Å². The lowest BCUT2D eigenvalue weighted by atomic mass is 9.76. The van der Waals surface area contributed by atoms with Crippen LogP contribution in [0.25, 0.3) is 0 Å². The fraction of sp³-hybridized carbons (Fsp3) is 0.867. The van der Waals surface area contributed by atoms with E-state index in [9.17, 15) is 0 Å². The molecule has 1 atom stereocenters. The van der Waals surface area contributed by atoms with Gasteiger partial charge < -0.3 is 5.32 Å². The van der Waals surface area contributed by atoms with Gasteiger partial charge in [-0.25, -0.2) is 0 Å². The average Bonchev–Trinajstić information content (AvgIpc) is 2.30. The maximum absolute atomic E-state index is 3.89. The summed E-state index contributed by atoms with van der Waals surface area (Å²) in [7, 11) is 0. The fourth-order valence-corrected chi connectivity index (χ4v) is 3.04. The highest BCUT2D eigenvalue weighted by atomic mass is 15.2. The summed E-state index contributed by atoms with van der Waals surface area (Å²) in [6.45, 7) is 15.4. The highest BCUT2D eigenvalue weighted by Crippen LogP contribution is 2.33. The van der Waals surface area contributed by atoms with Crippen LogP contribution >= 0.6 is 0 Å². The van der Waals surface area contributed by atoms with E-state index >= 15 is 0 Å². The second-order valence-electron chi connectivity index (χ2n) is 5.84. The Bertz CT molecular complexity index is 211. The Labute approximate surface area is 107 Å². The zero-order valence-corrected chi connectivity index (χ0v) is 12.0. The van der Waals surface area contributed by atoms with E-state index in [-0.39, 0.29) is 0 Å². The largest absolute Gasteiger partial charge is 0.316 e. The van der Waals surface area contributed by atoms with Crippen LogP contribution in [0.3, 0.4) is 0 Å². The number of hydrogen-bond donors (Lipinski definition) is 1. The van der Waals surface area contributed by atoms with Crippen molar-refractivity contribution in [1.29, 1.82) is 0 Å². The van der Waals surface area contributed by atoms with Crippen LogP contribution < -0.4 is 5.32 Å². The highest BCUT2D eigenvalue weighted by molar-refractivity contribution is 4.90. The van der Waals surface area contributed by atoms with Crippen LogP contribution in [-0.4, -0.2) is 37.1 Å². The van der Waals surface area contributed by atoms with Crippen LogP contribution in [0, 0.1) is 5.41 Å². The van der Waals surface area contributed by atoms with Crippen LogP contribution in [-0.2, 0) is 0 Å². The zero-order valence-electron chi connectivity index (χ0n) is 12.0. The van der Waals surface area contributed by atoms with Gasteiger partial charge in [-0.1, -0.05) is 19.4 Å². The molecule has 0 radical (unpaired) electrons. The maximum atomic E-state index is 3.89. The van der Waals surface area contributed by atoms with Crippen LogP contribution in [0.4, 0.5) is 0 Å². The number of nitrogens with one attached hydrogen (secondary N) is 1. The third-order valence-corrected chi connectivity index (χ3v) is 3.97. The first-order valence-corrected chi connectivity index (χ1v) is 7.19. The van der Waals surface area contributed by atoms with Gasteiger partial charge in [-0.3, -0.25) is 4.90 Å². The zero-order chi connectivity index (χ0) is 12.7. The molecule has 2 nitrogen and oxygen atoms in total. The first-order valence-electron chi connectivity index (χ1n) is 7.19. The van der Waals surface area contributed by atoms with Crippen molar-refractivity contribution in [2.75, 3.05) is 26.2 Å². The quantitative estimate of drug-likeness (QED) is 0.686. The summed E-state index contributed by atoms with van der Waals surface area (Å²) in [5.74, 6) is 0. The lowest BCUT2D eigenvalue weighted by molar-refractivity contribution is 0.0950. The van der Waals surface area contributed by atoms with Gasteiger partial charge in [0.05, 0.1) is 0 Å². The Kier molecular flexibility index (Phi) is 6.21. The third kappa shape index (κ3) is 4.44. The van der Waals surface area contributed by atoms with Crippen molar-refractivity contribution in [2.45, 2.75) is 52.5 Å². The van der Waals surface area contributed by atoms with E-state index in [2.05, 4.69) is 37.6 Å². The monoisotopic (exact) mass is 238 g/mol. The molecule has 0 bridgehead atoms. The second kappa shape index (κ2) is 7.17. The lowest BCUT2D eigenvalue weighted by Crippen LogP contribution is -2.49. The van der Waals surface area contributed by atoms with Gasteiger partial charge in [-0.05, 0) is 45.1 Å². The molecule has 1 rings (SSSR count). The molecule has 0 aliphatic carbocycles. The molecule has 0 aromatic heterocycles. The molecule has 1 aliphatic rings. The molecule has 1 unspecified atom stereocenters. The standard InChI is InChI=1S/C15H30N2/c1-5-8-15(9-7-10-16-12-15)13-17(11-6-2)14(3)4/h6,14,16H,2,5,7-13H2,1,3-4H3. The molecule has 1 saturated heterocycles. The fourth-order valence-electron chi connectivity index (χ4n) is 3.04. The van der Waals surface area contributed by atoms with E-state index in [4.69, 9.17) is 0 Å². The summed E-state index contributed by atoms with van der Waals surface area (Å²) in [5.41, 5.74) is 0.500. The van der Waals surface area contributed by atoms with Crippen molar-refractivity contribution in [1.82, 2.24) is 10.2 Å². The van der Waals surface area contributed by atoms with E-state index in [0.717, 1.165) is 6.54 Å². The Morgan fingerprint density at radius 3 is 2.71 bits per heavy atom. The number of piperidine rings is 1. The lowest BCUT2D eigenvalue weighted by Gasteiger charge is -2.42. The summed E-state index contributed by atoms with van der Waals surface area (Å²) < 4.78 is 0. The van der Waals surface area contributed by atoms with Gasteiger partial charge >= 0.3 is 0 Å². The first-order chi connectivity index (χ1) is 8.13. The molecule has 17 heavy (non-hydrogen) atoms. The summed E-state index contributed by atoms with van der Waals surface area (Å²) >= 11 is 0. The van der Waals surface area contributed by atoms with Crippen molar-refractivity contribution in [3.8, 4) is 0 Å². The molecule has 0 aromatic carbocycles. The SMILES string of the molecule is C=CCN(CC1(CCC)CCCNC1)C(C)C. The maximum Gasteiger partial charge on any atom is 0.0163 e. The van der Waals surface area contributed by atoms with E-state index in [0.29, 0.717) is 11.5 Å². The average molecular weight is 238 g/mol. The molecule has 0 spiro atoms. The van der Waals surface area contributed by atoms with Crippen LogP contribution in [0.1, 0.15) is 46.5 Å². The predicted octanol–water partition coefficient (Wildman–Crippen LogP) is 3.05. The van der Waals surface area contributed by atoms with Crippen molar-refractivity contribution in [3.05, 3.63) is 12.7 Å². The number of hydrogen-bond acceptors (Lipinski definition) is 2. The van der Waals surface area contributed by atoms with Crippen molar-refractivity contribution >= 4 is 0 Å². The minimum Gasteiger partial charge on any atom is -0.316 e. The molecule has 0 aromatic rings. The molecule has 1 aliphatic heterocycles. The minimum absolute atomic E-state index is 0.500. The van der Waals surface area contributed by atoms with Crippen LogP contribution in [0.5, 0.6) is 0 Å². The van der Waals surface area contributed by atoms with Crippen LogP contribution in [0.2, 0.25) is 0 Å². The van der Waals surface area contributed by atoms with Crippen molar-refractivity contribution < 1.29 is 0 Å². The number of nitrogens with zero attached hydrogens (tertiary/aromatic N) is 1. The summed E-state index contributed by atoms with van der Waals surface area (Å²) in [4.78, 5) is 2.57. The molecule has 0 amide bonds. The first kappa shape index (κ1) is 14.7. The Morgan fingerprint density at radius 2 is 2.24 bits per heavy atom. The second-order valence-corrected chi connectivity index (χ2v) is 5.84. The minimum atomic E-state index is 0.500. The Hall–Kier alpha value is -0.340. The Morgan fingerprint density at radius 1 is 1.47 bits per heavy atom. The molecule has 1 fully saturated rings. The van der Waals surface area contributed by atoms with E-state index < -0.39 is 0 Å². The molecule has 1 heterocycles. The summed E-state index contributed by atoms with van der Waals surface area (Å²) in [5, 5.41) is 3.59. The third-order valence-electron chi connectivity index (χ3n) is 3.97. The van der Waals surface area contributed by atoms with Gasteiger partial charge in [0.2, 0.25) is 0 Å². The van der Waals surface area contributed by atoms with Gasteiger partial charge in [0, 0.05) is 25.7 Å². The van der Waals surface area contributed by atoms with Gasteiger partial charge in [-0.2, -0.15) is 0 Å². The predicted molar refractivity (Wildman–Crippen MR) is 76.4 cm³/mol. The normalized spacial score (nSPS) is 25.5. The van der Waals surface area contributed by atoms with E-state index in [1.165, 1.54) is 45.3 Å². The van der Waals surface area contributed by atoms with Crippen molar-refractivity contribution in [3.63, 3.8) is 0 Å². The molecule has 2 heteroatoms. The number of rotatable bonds is 7. The topological polar surface area (TPSA) is 15.3 Å². The molecule has 0 saturated carbocycles. The van der Waals surface area contributed by atoms with Gasteiger partial charge in [0.1, 0.15) is 0 Å². The Balaban J connectivity index is 2.65. The highest BCUT2D eigenvalue weighted by Gasteiger charge is 2.33. The molecular weight excluding hydrogens is 208 g/mol. The van der Waals surface area contributed by atoms with Gasteiger partial charge in [0.25, 0.3) is 0 Å². The van der Waals surface area contributed by atoms with Gasteiger partial charge in [-0.15, -0.1) is 6.58 Å². The van der Waals surface area contributed by atoms with Crippen molar-refractivity contribution in [2.24, 2.45) is 5.41 Å². The van der Waals surface area contributed by atoms with Crippen LogP contribution in [0.15, 0.2) is 12.7 Å². The molecule has 1 N–H and O–H groups in total. The molecular formula is C15H30N2. The smallest absolute Gasteiger partial charge is 0.0163 e. The summed E-state index contributed by atoms with van der Waals surface area (Å²) in [6.07, 6.45) is 7.40. The summed E-state index contributed by atoms with van der Waals surface area (Å²) in [6, 6.07) is 0.614.